The minimum atomic E-state index is -0.749. The van der Waals surface area contributed by atoms with Crippen LogP contribution in [0, 0.1) is 0 Å². The largest absolute Gasteiger partial charge is 0.390 e. The smallest absolute Gasteiger partial charge is 0.282 e. The Morgan fingerprint density at radius 2 is 2.00 bits per heavy atom. The molecule has 0 aliphatic carbocycles. The number of halogens is 1. The summed E-state index contributed by atoms with van der Waals surface area (Å²) in [5.41, 5.74) is 0.347. The third kappa shape index (κ3) is 5.26. The number of nitrogens with zero attached hydrogens (tertiary/aromatic N) is 2. The zero-order valence-electron chi connectivity index (χ0n) is 11.9. The molecule has 0 spiro atoms. The first-order valence-electron chi connectivity index (χ1n) is 6.48. The first kappa shape index (κ1) is 16.1. The Morgan fingerprint density at radius 1 is 1.42 bits per heavy atom. The lowest BCUT2D eigenvalue weighted by Crippen LogP contribution is -2.45. The van der Waals surface area contributed by atoms with Crippen molar-refractivity contribution in [1.82, 2.24) is 9.80 Å². The lowest BCUT2D eigenvalue weighted by molar-refractivity contribution is -0.129. The van der Waals surface area contributed by atoms with Crippen LogP contribution in [0.15, 0.2) is 11.4 Å². The van der Waals surface area contributed by atoms with Gasteiger partial charge in [-0.1, -0.05) is 0 Å². The number of carbonyl (C=O) groups is 1. The summed E-state index contributed by atoms with van der Waals surface area (Å²) in [5.74, 6) is -1.43. The summed E-state index contributed by atoms with van der Waals surface area (Å²) in [6, 6.07) is 0. The molecule has 0 aromatic rings. The maximum atomic E-state index is 13.5. The van der Waals surface area contributed by atoms with Gasteiger partial charge in [-0.05, 0) is 19.4 Å². The minimum Gasteiger partial charge on any atom is -0.390 e. The molecule has 1 aliphatic rings. The number of hydrogen-bond donors (Lipinski definition) is 1. The van der Waals surface area contributed by atoms with Crippen molar-refractivity contribution in [2.24, 2.45) is 0 Å². The van der Waals surface area contributed by atoms with Crippen LogP contribution in [0.25, 0.3) is 0 Å². The quantitative estimate of drug-likeness (QED) is 0.737. The van der Waals surface area contributed by atoms with Gasteiger partial charge in [0.15, 0.2) is 5.83 Å². The maximum Gasteiger partial charge on any atom is 0.282 e. The van der Waals surface area contributed by atoms with Gasteiger partial charge in [0.05, 0.1) is 19.3 Å². The zero-order valence-corrected chi connectivity index (χ0v) is 11.9. The Bertz CT molecular complexity index is 337. The van der Waals surface area contributed by atoms with Crippen molar-refractivity contribution in [2.45, 2.75) is 20.0 Å². The normalized spacial score (nSPS) is 17.9. The molecule has 1 unspecified atom stereocenters. The van der Waals surface area contributed by atoms with E-state index in [1.165, 1.54) is 11.9 Å². The first-order valence-corrected chi connectivity index (χ1v) is 6.48. The molecule has 19 heavy (non-hydrogen) atoms. The molecule has 5 nitrogen and oxygen atoms in total. The Hall–Kier alpha value is -0.980. The summed E-state index contributed by atoms with van der Waals surface area (Å²) in [7, 11) is 1.49. The van der Waals surface area contributed by atoms with Crippen molar-refractivity contribution >= 4 is 5.91 Å². The summed E-state index contributed by atoms with van der Waals surface area (Å²) in [5, 5.41) is 9.93. The Labute approximate surface area is 113 Å². The number of allylic oxidation sites excluding steroid dienone is 1. The van der Waals surface area contributed by atoms with Crippen LogP contribution in [0.5, 0.6) is 0 Å². The third-order valence-corrected chi connectivity index (χ3v) is 3.03. The van der Waals surface area contributed by atoms with Gasteiger partial charge in [-0.2, -0.15) is 0 Å². The standard InChI is InChI=1S/C13H23FN2O3/c1-10(2)12(14)13(18)15(3)8-11(17)9-16-4-6-19-7-5-16/h11,17H,4-9H2,1-3H3. The van der Waals surface area contributed by atoms with E-state index in [-0.39, 0.29) is 6.54 Å². The molecule has 1 atom stereocenters. The third-order valence-electron chi connectivity index (χ3n) is 3.03. The summed E-state index contributed by atoms with van der Waals surface area (Å²) in [6.45, 7) is 6.56. The Morgan fingerprint density at radius 3 is 2.53 bits per heavy atom. The number of ether oxygens (including phenoxy) is 1. The van der Waals surface area contributed by atoms with Gasteiger partial charge in [0, 0.05) is 33.2 Å². The van der Waals surface area contributed by atoms with Crippen molar-refractivity contribution in [3.63, 3.8) is 0 Å². The van der Waals surface area contributed by atoms with Crippen molar-refractivity contribution in [1.29, 1.82) is 0 Å². The average molecular weight is 274 g/mol. The highest BCUT2D eigenvalue weighted by molar-refractivity contribution is 5.91. The van der Waals surface area contributed by atoms with Crippen LogP contribution < -0.4 is 0 Å². The van der Waals surface area contributed by atoms with E-state index >= 15 is 0 Å². The summed E-state index contributed by atoms with van der Waals surface area (Å²) in [6.07, 6.45) is -0.683. The Balaban J connectivity index is 2.40. The molecule has 1 saturated heterocycles. The van der Waals surface area contributed by atoms with E-state index in [4.69, 9.17) is 4.74 Å². The molecule has 1 aliphatic heterocycles. The summed E-state index contributed by atoms with van der Waals surface area (Å²) >= 11 is 0. The van der Waals surface area contributed by atoms with Gasteiger partial charge in [-0.25, -0.2) is 4.39 Å². The number of aliphatic hydroxyl groups is 1. The fourth-order valence-electron chi connectivity index (χ4n) is 1.92. The molecule has 0 bridgehead atoms. The van der Waals surface area contributed by atoms with Crippen LogP contribution >= 0.6 is 0 Å². The van der Waals surface area contributed by atoms with Gasteiger partial charge in [-0.3, -0.25) is 9.69 Å². The number of amides is 1. The van der Waals surface area contributed by atoms with E-state index in [2.05, 4.69) is 4.90 Å². The average Bonchev–Trinajstić information content (AvgIpc) is 2.37. The van der Waals surface area contributed by atoms with Gasteiger partial charge in [0.1, 0.15) is 0 Å². The number of aliphatic hydroxyl groups excluding tert-OH is 1. The second-order valence-electron chi connectivity index (χ2n) is 5.07. The lowest BCUT2D eigenvalue weighted by Gasteiger charge is -2.30. The molecule has 1 fully saturated rings. The number of rotatable bonds is 5. The van der Waals surface area contributed by atoms with Crippen molar-refractivity contribution in [3.05, 3.63) is 11.4 Å². The van der Waals surface area contributed by atoms with E-state index in [0.717, 1.165) is 13.1 Å². The summed E-state index contributed by atoms with van der Waals surface area (Å²) < 4.78 is 18.7. The highest BCUT2D eigenvalue weighted by Crippen LogP contribution is 2.09. The summed E-state index contributed by atoms with van der Waals surface area (Å²) in [4.78, 5) is 14.9. The molecular weight excluding hydrogens is 251 g/mol. The second-order valence-corrected chi connectivity index (χ2v) is 5.07. The number of morpholine rings is 1. The van der Waals surface area contributed by atoms with Crippen LogP contribution in [-0.4, -0.2) is 73.4 Å². The first-order chi connectivity index (χ1) is 8.91. The molecular formula is C13H23FN2O3. The van der Waals surface area contributed by atoms with Gasteiger partial charge < -0.3 is 14.7 Å². The molecule has 0 saturated carbocycles. The van der Waals surface area contributed by atoms with Crippen molar-refractivity contribution in [3.8, 4) is 0 Å². The number of hydrogen-bond acceptors (Lipinski definition) is 4. The highest BCUT2D eigenvalue weighted by Gasteiger charge is 2.21. The monoisotopic (exact) mass is 274 g/mol. The van der Waals surface area contributed by atoms with E-state index in [1.807, 2.05) is 0 Å². The molecule has 1 heterocycles. The Kier molecular flexibility index (Phi) is 6.41. The molecule has 0 aromatic carbocycles. The predicted molar refractivity (Wildman–Crippen MR) is 70.4 cm³/mol. The highest BCUT2D eigenvalue weighted by atomic mass is 19.1. The van der Waals surface area contributed by atoms with Crippen LogP contribution in [0.3, 0.4) is 0 Å². The van der Waals surface area contributed by atoms with Crippen LogP contribution in [0.2, 0.25) is 0 Å². The van der Waals surface area contributed by atoms with Crippen LogP contribution in [0.4, 0.5) is 4.39 Å². The van der Waals surface area contributed by atoms with E-state index < -0.39 is 17.8 Å². The van der Waals surface area contributed by atoms with E-state index in [0.29, 0.717) is 25.3 Å². The molecule has 0 radical (unpaired) electrons. The number of likely N-dealkylation sites (N-methyl/N-ethyl adjacent to an activating group) is 1. The fourth-order valence-corrected chi connectivity index (χ4v) is 1.92. The molecule has 1 amide bonds. The molecule has 1 rings (SSSR count). The lowest BCUT2D eigenvalue weighted by atomic mass is 10.2. The molecule has 1 N–H and O–H groups in total. The predicted octanol–water partition coefficient (Wildman–Crippen LogP) is 0.401. The van der Waals surface area contributed by atoms with Gasteiger partial charge in [0.2, 0.25) is 0 Å². The second kappa shape index (κ2) is 7.57. The molecule has 6 heteroatoms. The van der Waals surface area contributed by atoms with Crippen molar-refractivity contribution in [2.75, 3.05) is 46.4 Å². The topological polar surface area (TPSA) is 53.0 Å². The fraction of sp³-hybridized carbons (Fsp3) is 0.769. The minimum absolute atomic E-state index is 0.122. The number of carbonyl (C=O) groups excluding carboxylic acids is 1. The van der Waals surface area contributed by atoms with Gasteiger partial charge in [0.25, 0.3) is 5.91 Å². The maximum absolute atomic E-state index is 13.5. The number of β-amino-alcohol motifs (C(OH)–C–C–N with tert-alkyl or cyclic N) is 1. The molecule has 110 valence electrons. The van der Waals surface area contributed by atoms with E-state index in [9.17, 15) is 14.3 Å². The van der Waals surface area contributed by atoms with Crippen LogP contribution in [0.1, 0.15) is 13.8 Å². The van der Waals surface area contributed by atoms with Gasteiger partial charge >= 0.3 is 0 Å². The zero-order chi connectivity index (χ0) is 14.4. The molecule has 0 aromatic heterocycles. The van der Waals surface area contributed by atoms with Crippen molar-refractivity contribution < 1.29 is 19.0 Å². The van der Waals surface area contributed by atoms with E-state index in [1.54, 1.807) is 13.8 Å². The SMILES string of the molecule is CC(C)=C(F)C(=O)N(C)CC(O)CN1CCOCC1. The van der Waals surface area contributed by atoms with Crippen LogP contribution in [-0.2, 0) is 9.53 Å². The van der Waals surface area contributed by atoms with Gasteiger partial charge in [-0.15, -0.1) is 0 Å².